The van der Waals surface area contributed by atoms with Gasteiger partial charge in [-0.05, 0) is 83.0 Å². The highest BCUT2D eigenvalue weighted by Gasteiger charge is 2.14. The number of hydrazone groups is 1. The topological polar surface area (TPSA) is 98.3 Å². The lowest BCUT2D eigenvalue weighted by Crippen LogP contribution is -2.21. The third kappa shape index (κ3) is 9.07. The summed E-state index contributed by atoms with van der Waals surface area (Å²) >= 11 is 12.8. The summed E-state index contributed by atoms with van der Waals surface area (Å²) in [7, 11) is 0. The van der Waals surface area contributed by atoms with Gasteiger partial charge in [-0.2, -0.15) is 5.10 Å². The first-order valence-electron chi connectivity index (χ1n) is 12.8. The molecule has 8 nitrogen and oxygen atoms in total. The normalized spacial score (nSPS) is 10.8. The highest BCUT2D eigenvalue weighted by molar-refractivity contribution is 9.11. The average molecular weight is 716 g/mol. The van der Waals surface area contributed by atoms with E-state index in [9.17, 15) is 9.59 Å². The maximum absolute atomic E-state index is 12.9. The molecule has 0 aliphatic heterocycles. The van der Waals surface area contributed by atoms with Gasteiger partial charge in [0.25, 0.3) is 11.8 Å². The van der Waals surface area contributed by atoms with Gasteiger partial charge in [-0.1, -0.05) is 57.9 Å². The fraction of sp³-hybridized carbons (Fsp3) is 0.129. The maximum Gasteiger partial charge on any atom is 0.271 e. The number of nitrogens with one attached hydrogen (secondary N) is 2. The van der Waals surface area contributed by atoms with E-state index in [4.69, 9.17) is 25.8 Å². The second-order valence-corrected chi connectivity index (χ2v) is 10.9. The molecule has 216 valence electrons. The minimum Gasteiger partial charge on any atom is -0.490 e. The monoisotopic (exact) mass is 713 g/mol. The zero-order valence-corrected chi connectivity index (χ0v) is 26.3. The van der Waals surface area contributed by atoms with E-state index in [0.717, 1.165) is 10.0 Å². The third-order valence-electron chi connectivity index (χ3n) is 5.63. The number of ether oxygens (including phenoxy) is 3. The van der Waals surface area contributed by atoms with Crippen LogP contribution in [0.4, 0.5) is 5.69 Å². The van der Waals surface area contributed by atoms with E-state index in [2.05, 4.69) is 47.7 Å². The van der Waals surface area contributed by atoms with Gasteiger partial charge in [0.05, 0.1) is 17.3 Å². The Hall–Kier alpha value is -3.86. The van der Waals surface area contributed by atoms with Gasteiger partial charge in [0, 0.05) is 26.3 Å². The molecular weight excluding hydrogens is 690 g/mol. The Morgan fingerprint density at radius 3 is 2.40 bits per heavy atom. The van der Waals surface area contributed by atoms with E-state index in [1.165, 1.54) is 6.21 Å². The number of hydrogen-bond acceptors (Lipinski definition) is 6. The van der Waals surface area contributed by atoms with E-state index < -0.39 is 5.91 Å². The zero-order chi connectivity index (χ0) is 29.9. The molecule has 0 unspecified atom stereocenters. The fourth-order valence-electron chi connectivity index (χ4n) is 3.69. The molecule has 2 amide bonds. The van der Waals surface area contributed by atoms with Gasteiger partial charge >= 0.3 is 0 Å². The van der Waals surface area contributed by atoms with Crippen LogP contribution in [0.2, 0.25) is 5.02 Å². The highest BCUT2D eigenvalue weighted by atomic mass is 79.9. The first kappa shape index (κ1) is 31.1. The summed E-state index contributed by atoms with van der Waals surface area (Å²) in [5.74, 6) is 0.557. The van der Waals surface area contributed by atoms with Gasteiger partial charge in [0.2, 0.25) is 0 Å². The van der Waals surface area contributed by atoms with Crippen molar-refractivity contribution in [2.45, 2.75) is 13.5 Å². The molecule has 0 aromatic heterocycles. The van der Waals surface area contributed by atoms with Crippen LogP contribution >= 0.6 is 43.5 Å². The van der Waals surface area contributed by atoms with Crippen LogP contribution in [0.3, 0.4) is 0 Å². The van der Waals surface area contributed by atoms with E-state index in [0.29, 0.717) is 56.8 Å². The lowest BCUT2D eigenvalue weighted by atomic mass is 10.2. The molecule has 4 aromatic rings. The van der Waals surface area contributed by atoms with Crippen LogP contribution in [-0.2, 0) is 11.4 Å². The lowest BCUT2D eigenvalue weighted by molar-refractivity contribution is -0.118. The van der Waals surface area contributed by atoms with Crippen LogP contribution in [0.25, 0.3) is 0 Å². The van der Waals surface area contributed by atoms with Crippen molar-refractivity contribution in [3.05, 3.63) is 116 Å². The Labute approximate surface area is 265 Å². The second-order valence-electron chi connectivity index (χ2n) is 8.72. The number of amides is 2. The number of carbonyl (C=O) groups excluding carboxylic acids is 2. The zero-order valence-electron chi connectivity index (χ0n) is 22.4. The Morgan fingerprint density at radius 1 is 0.905 bits per heavy atom. The van der Waals surface area contributed by atoms with E-state index >= 15 is 0 Å². The van der Waals surface area contributed by atoms with Crippen molar-refractivity contribution < 1.29 is 23.8 Å². The van der Waals surface area contributed by atoms with Crippen molar-refractivity contribution in [2.75, 3.05) is 18.5 Å². The number of hydrogen-bond donors (Lipinski definition) is 2. The van der Waals surface area contributed by atoms with Gasteiger partial charge in [-0.15, -0.1) is 0 Å². The summed E-state index contributed by atoms with van der Waals surface area (Å²) in [4.78, 5) is 25.3. The molecule has 0 fully saturated rings. The number of carbonyl (C=O) groups is 2. The van der Waals surface area contributed by atoms with Crippen molar-refractivity contribution in [1.82, 2.24) is 5.43 Å². The largest absolute Gasteiger partial charge is 0.490 e. The molecule has 0 bridgehead atoms. The molecule has 0 radical (unpaired) electrons. The van der Waals surface area contributed by atoms with Gasteiger partial charge in [-0.3, -0.25) is 9.59 Å². The third-order valence-corrected chi connectivity index (χ3v) is 6.92. The van der Waals surface area contributed by atoms with E-state index in [-0.39, 0.29) is 12.5 Å². The van der Waals surface area contributed by atoms with Crippen molar-refractivity contribution >= 4 is 67.2 Å². The summed E-state index contributed by atoms with van der Waals surface area (Å²) in [6.45, 7) is 2.37. The van der Waals surface area contributed by atoms with Crippen molar-refractivity contribution in [3.63, 3.8) is 0 Å². The molecule has 4 aromatic carbocycles. The van der Waals surface area contributed by atoms with Crippen molar-refractivity contribution in [1.29, 1.82) is 0 Å². The Morgan fingerprint density at radius 2 is 1.67 bits per heavy atom. The second kappa shape index (κ2) is 15.4. The number of anilines is 1. The Kier molecular flexibility index (Phi) is 11.4. The van der Waals surface area contributed by atoms with Gasteiger partial charge in [-0.25, -0.2) is 5.43 Å². The standard InChI is InChI=1S/C31H26Br2ClN3O5/c1-2-40-28-15-21(8-13-27(28)41-18-20-6-4-3-5-7-20)31(39)37-35-17-22-14-23(32)16-26(33)30(22)42-19-29(38)36-25-11-9-24(34)10-12-25/h3-17H,2,18-19H2,1H3,(H,36,38)(H,37,39)/b35-17+. The van der Waals surface area contributed by atoms with Crippen LogP contribution in [-0.4, -0.2) is 31.2 Å². The molecular formula is C31H26Br2ClN3O5. The quantitative estimate of drug-likeness (QED) is 0.116. The summed E-state index contributed by atoms with van der Waals surface area (Å²) < 4.78 is 18.8. The fourth-order valence-corrected chi connectivity index (χ4v) is 5.19. The average Bonchev–Trinajstić information content (AvgIpc) is 2.97. The van der Waals surface area contributed by atoms with Gasteiger partial charge < -0.3 is 19.5 Å². The van der Waals surface area contributed by atoms with E-state index in [1.54, 1.807) is 54.6 Å². The molecule has 0 heterocycles. The molecule has 42 heavy (non-hydrogen) atoms. The summed E-state index contributed by atoms with van der Waals surface area (Å²) in [5.41, 5.74) is 4.99. The van der Waals surface area contributed by atoms with Crippen molar-refractivity contribution in [3.8, 4) is 17.2 Å². The van der Waals surface area contributed by atoms with Crippen LogP contribution in [0.15, 0.2) is 99.0 Å². The lowest BCUT2D eigenvalue weighted by Gasteiger charge is -2.13. The molecule has 0 saturated heterocycles. The predicted octanol–water partition coefficient (Wildman–Crippen LogP) is 7.62. The van der Waals surface area contributed by atoms with Gasteiger partial charge in [0.15, 0.2) is 18.1 Å². The first-order chi connectivity index (χ1) is 20.3. The molecule has 2 N–H and O–H groups in total. The minimum atomic E-state index is -0.444. The number of halogens is 3. The molecule has 0 atom stereocenters. The van der Waals surface area contributed by atoms with Crippen LogP contribution in [0.5, 0.6) is 17.2 Å². The molecule has 4 rings (SSSR count). The Bertz CT molecular complexity index is 1570. The smallest absolute Gasteiger partial charge is 0.271 e. The van der Waals surface area contributed by atoms with Crippen LogP contribution in [0, 0.1) is 0 Å². The molecule has 11 heteroatoms. The number of nitrogens with zero attached hydrogens (tertiary/aromatic N) is 1. The van der Waals surface area contributed by atoms with Crippen LogP contribution < -0.4 is 25.0 Å². The SMILES string of the molecule is CCOc1cc(C(=O)N/N=C/c2cc(Br)cc(Br)c2OCC(=O)Nc2ccc(Cl)cc2)ccc1OCc1ccccc1. The summed E-state index contributed by atoms with van der Waals surface area (Å²) in [6.07, 6.45) is 1.43. The van der Waals surface area contributed by atoms with Crippen LogP contribution in [0.1, 0.15) is 28.4 Å². The minimum absolute atomic E-state index is 0.255. The van der Waals surface area contributed by atoms with Crippen molar-refractivity contribution in [2.24, 2.45) is 5.10 Å². The molecule has 0 aliphatic rings. The highest BCUT2D eigenvalue weighted by Crippen LogP contribution is 2.32. The number of rotatable bonds is 12. The molecule has 0 spiro atoms. The summed E-state index contributed by atoms with van der Waals surface area (Å²) in [6, 6.07) is 25.0. The van der Waals surface area contributed by atoms with Gasteiger partial charge in [0.1, 0.15) is 12.4 Å². The predicted molar refractivity (Wildman–Crippen MR) is 171 cm³/mol. The van der Waals surface area contributed by atoms with E-state index in [1.807, 2.05) is 37.3 Å². The molecule has 0 aliphatic carbocycles. The molecule has 0 saturated carbocycles. The first-order valence-corrected chi connectivity index (χ1v) is 14.7. The summed E-state index contributed by atoms with van der Waals surface area (Å²) in [5, 5.41) is 7.42. The Balaban J connectivity index is 1.40. The maximum atomic E-state index is 12.9. The number of benzene rings is 4.